The van der Waals surface area contributed by atoms with Gasteiger partial charge in [-0.05, 0) is 34.3 Å². The van der Waals surface area contributed by atoms with Crippen molar-refractivity contribution in [1.29, 1.82) is 0 Å². The van der Waals surface area contributed by atoms with Crippen LogP contribution in [-0.4, -0.2) is 31.9 Å². The summed E-state index contributed by atoms with van der Waals surface area (Å²) < 4.78 is 27.3. The summed E-state index contributed by atoms with van der Waals surface area (Å²) in [6.45, 7) is 2.92. The summed E-state index contributed by atoms with van der Waals surface area (Å²) in [4.78, 5) is 0. The maximum atomic E-state index is 12.4. The molecule has 1 aliphatic rings. The zero-order valence-corrected chi connectivity index (χ0v) is 13.7. The molecule has 0 bridgehead atoms. The summed E-state index contributed by atoms with van der Waals surface area (Å²) in [5, 5.41) is 0.431. The Morgan fingerprint density at radius 2 is 2.28 bits per heavy atom. The average molecular weight is 374 g/mol. The first-order chi connectivity index (χ1) is 8.32. The quantitative estimate of drug-likeness (QED) is 0.866. The number of hydrogen-bond acceptors (Lipinski definition) is 4. The number of nitrogens with two attached hydrogens (primary N) is 1. The van der Waals surface area contributed by atoms with Crippen LogP contribution in [0.1, 0.15) is 13.3 Å². The van der Waals surface area contributed by atoms with Gasteiger partial charge in [-0.3, -0.25) is 0 Å². The van der Waals surface area contributed by atoms with Gasteiger partial charge in [-0.2, -0.15) is 4.31 Å². The Bertz CT molecular complexity index is 527. The van der Waals surface area contributed by atoms with E-state index in [0.29, 0.717) is 28.3 Å². The number of halogens is 2. The van der Waals surface area contributed by atoms with E-state index >= 15 is 0 Å². The van der Waals surface area contributed by atoms with Gasteiger partial charge in [0, 0.05) is 19.1 Å². The molecular formula is C10H14BrClN2O2S2. The summed E-state index contributed by atoms with van der Waals surface area (Å²) in [6, 6.07) is 1.57. The highest BCUT2D eigenvalue weighted by Gasteiger charge is 2.33. The minimum absolute atomic E-state index is 0.0788. The SMILES string of the molecule is CC1CN(S(=O)(=O)c2cc(Cl)c(Br)s2)CCC1N. The molecule has 0 amide bonds. The molecule has 2 rings (SSSR count). The van der Waals surface area contributed by atoms with Crippen molar-refractivity contribution in [1.82, 2.24) is 4.31 Å². The molecule has 2 unspecified atom stereocenters. The predicted octanol–water partition coefficient (Wildman–Crippen LogP) is 2.52. The fourth-order valence-corrected chi connectivity index (χ4v) is 6.03. The van der Waals surface area contributed by atoms with Crippen molar-refractivity contribution in [2.24, 2.45) is 11.7 Å². The first-order valence-corrected chi connectivity index (χ1v) is 8.95. The third-order valence-corrected chi connectivity index (χ3v) is 7.94. The van der Waals surface area contributed by atoms with Crippen molar-refractivity contribution in [2.75, 3.05) is 13.1 Å². The Hall–Kier alpha value is 0.340. The lowest BCUT2D eigenvalue weighted by Crippen LogP contribution is -2.47. The van der Waals surface area contributed by atoms with E-state index < -0.39 is 10.0 Å². The molecule has 0 spiro atoms. The Labute approximate surface area is 124 Å². The van der Waals surface area contributed by atoms with Crippen molar-refractivity contribution in [3.63, 3.8) is 0 Å². The highest BCUT2D eigenvalue weighted by Crippen LogP contribution is 2.36. The number of thiophene rings is 1. The lowest BCUT2D eigenvalue weighted by atomic mass is 9.96. The zero-order chi connectivity index (χ0) is 13.5. The second-order valence-corrected chi connectivity index (χ2v) is 9.42. The zero-order valence-electron chi connectivity index (χ0n) is 9.77. The minimum Gasteiger partial charge on any atom is -0.327 e. The highest BCUT2D eigenvalue weighted by molar-refractivity contribution is 9.11. The second kappa shape index (κ2) is 5.38. The molecule has 18 heavy (non-hydrogen) atoms. The van der Waals surface area contributed by atoms with E-state index in [0.717, 1.165) is 11.3 Å². The van der Waals surface area contributed by atoms with Crippen molar-refractivity contribution in [3.05, 3.63) is 14.9 Å². The van der Waals surface area contributed by atoms with E-state index in [1.54, 1.807) is 0 Å². The average Bonchev–Trinajstić information content (AvgIpc) is 2.64. The Morgan fingerprint density at radius 1 is 1.61 bits per heavy atom. The van der Waals surface area contributed by atoms with Gasteiger partial charge in [0.2, 0.25) is 0 Å². The van der Waals surface area contributed by atoms with Crippen LogP contribution in [0.2, 0.25) is 5.02 Å². The number of piperidine rings is 1. The van der Waals surface area contributed by atoms with Crippen LogP contribution in [0.5, 0.6) is 0 Å². The summed E-state index contributed by atoms with van der Waals surface area (Å²) in [5.74, 6) is 0.174. The molecule has 1 aromatic rings. The summed E-state index contributed by atoms with van der Waals surface area (Å²) in [7, 11) is -3.44. The van der Waals surface area contributed by atoms with Crippen molar-refractivity contribution in [2.45, 2.75) is 23.6 Å². The van der Waals surface area contributed by atoms with Gasteiger partial charge in [0.25, 0.3) is 10.0 Å². The molecule has 102 valence electrons. The van der Waals surface area contributed by atoms with Crippen molar-refractivity contribution in [3.8, 4) is 0 Å². The standard InChI is InChI=1S/C10H14BrClN2O2S2/c1-6-5-14(3-2-8(6)13)18(15,16)9-4-7(12)10(11)17-9/h4,6,8H,2-3,5,13H2,1H3. The fourth-order valence-electron chi connectivity index (χ4n) is 1.92. The summed E-state index contributed by atoms with van der Waals surface area (Å²) in [6.07, 6.45) is 0.695. The monoisotopic (exact) mass is 372 g/mol. The van der Waals surface area contributed by atoms with E-state index in [2.05, 4.69) is 15.9 Å². The van der Waals surface area contributed by atoms with E-state index in [1.165, 1.54) is 10.4 Å². The van der Waals surface area contributed by atoms with E-state index in [-0.39, 0.29) is 16.2 Å². The van der Waals surface area contributed by atoms with Crippen LogP contribution >= 0.6 is 38.9 Å². The van der Waals surface area contributed by atoms with E-state index in [1.807, 2.05) is 6.92 Å². The van der Waals surface area contributed by atoms with Crippen LogP contribution in [-0.2, 0) is 10.0 Å². The Kier molecular flexibility index (Phi) is 4.40. The Balaban J connectivity index is 2.26. The number of hydrogen-bond donors (Lipinski definition) is 1. The lowest BCUT2D eigenvalue weighted by Gasteiger charge is -2.33. The van der Waals surface area contributed by atoms with Gasteiger partial charge >= 0.3 is 0 Å². The normalized spacial score (nSPS) is 26.4. The maximum absolute atomic E-state index is 12.4. The van der Waals surface area contributed by atoms with Crippen molar-refractivity contribution < 1.29 is 8.42 Å². The molecule has 4 nitrogen and oxygen atoms in total. The van der Waals surface area contributed by atoms with Crippen LogP contribution in [0.3, 0.4) is 0 Å². The van der Waals surface area contributed by atoms with Crippen molar-refractivity contribution >= 4 is 48.9 Å². The minimum atomic E-state index is -3.44. The topological polar surface area (TPSA) is 63.4 Å². The van der Waals surface area contributed by atoms with Crippen LogP contribution in [0.4, 0.5) is 0 Å². The fraction of sp³-hybridized carbons (Fsp3) is 0.600. The van der Waals surface area contributed by atoms with Gasteiger partial charge in [-0.25, -0.2) is 8.42 Å². The molecule has 2 heterocycles. The van der Waals surface area contributed by atoms with Gasteiger partial charge in [0.1, 0.15) is 4.21 Å². The van der Waals surface area contributed by atoms with E-state index in [9.17, 15) is 8.42 Å². The molecule has 8 heteroatoms. The van der Waals surface area contributed by atoms with E-state index in [4.69, 9.17) is 17.3 Å². The van der Waals surface area contributed by atoms with Gasteiger partial charge < -0.3 is 5.73 Å². The molecule has 2 atom stereocenters. The molecule has 0 saturated carbocycles. The molecule has 1 saturated heterocycles. The third kappa shape index (κ3) is 2.76. The highest BCUT2D eigenvalue weighted by atomic mass is 79.9. The van der Waals surface area contributed by atoms with Crippen LogP contribution in [0.25, 0.3) is 0 Å². The molecule has 0 radical (unpaired) electrons. The van der Waals surface area contributed by atoms with Crippen LogP contribution < -0.4 is 5.73 Å². The lowest BCUT2D eigenvalue weighted by molar-refractivity contribution is 0.250. The number of sulfonamides is 1. The van der Waals surface area contributed by atoms with Crippen LogP contribution in [0.15, 0.2) is 14.1 Å². The third-order valence-electron chi connectivity index (χ3n) is 3.15. The smallest absolute Gasteiger partial charge is 0.252 e. The molecule has 2 N–H and O–H groups in total. The molecule has 0 aromatic carbocycles. The molecule has 1 aliphatic heterocycles. The first-order valence-electron chi connectivity index (χ1n) is 5.53. The number of nitrogens with zero attached hydrogens (tertiary/aromatic N) is 1. The predicted molar refractivity (Wildman–Crippen MR) is 77.5 cm³/mol. The Morgan fingerprint density at radius 3 is 2.78 bits per heavy atom. The molecule has 1 aromatic heterocycles. The summed E-state index contributed by atoms with van der Waals surface area (Å²) >= 11 is 10.3. The second-order valence-electron chi connectivity index (χ2n) is 4.48. The van der Waals surface area contributed by atoms with Gasteiger partial charge in [0.05, 0.1) is 8.81 Å². The molecular weight excluding hydrogens is 360 g/mol. The van der Waals surface area contributed by atoms with Gasteiger partial charge in [-0.15, -0.1) is 11.3 Å². The van der Waals surface area contributed by atoms with Gasteiger partial charge in [-0.1, -0.05) is 18.5 Å². The largest absolute Gasteiger partial charge is 0.327 e. The summed E-state index contributed by atoms with van der Waals surface area (Å²) in [5.41, 5.74) is 5.90. The first kappa shape index (κ1) is 14.7. The van der Waals surface area contributed by atoms with Crippen LogP contribution in [0, 0.1) is 5.92 Å². The van der Waals surface area contributed by atoms with Gasteiger partial charge in [0.15, 0.2) is 0 Å². The number of rotatable bonds is 2. The molecule has 0 aliphatic carbocycles. The molecule has 1 fully saturated rings. The maximum Gasteiger partial charge on any atom is 0.252 e.